The average Bonchev–Trinajstić information content (AvgIpc) is 2.14. The minimum atomic E-state index is -0.00991. The predicted molar refractivity (Wildman–Crippen MR) is 59.7 cm³/mol. The maximum Gasteiger partial charge on any atom is 0.129 e. The summed E-state index contributed by atoms with van der Waals surface area (Å²) in [6.45, 7) is 4.12. The summed E-state index contributed by atoms with van der Waals surface area (Å²) in [6, 6.07) is 5.43. The number of terminal acetylenes is 1. The average molecular weight is 189 g/mol. The number of aromatic nitrogens is 1. The standard InChI is InChI=1S/C11H15N3/c1-4-9(8(2)3)13-11-7-5-6-10(12)14-11/h1,5-9H,2-3H3,(H3,12,13,14). The molecule has 0 aliphatic heterocycles. The first-order valence-corrected chi connectivity index (χ1v) is 4.58. The van der Waals surface area contributed by atoms with Gasteiger partial charge in [0.15, 0.2) is 0 Å². The molecule has 3 nitrogen and oxygen atoms in total. The molecule has 0 aromatic carbocycles. The van der Waals surface area contributed by atoms with E-state index in [2.05, 4.69) is 30.1 Å². The lowest BCUT2D eigenvalue weighted by Crippen LogP contribution is -2.24. The number of anilines is 2. The number of nitrogens with one attached hydrogen (secondary N) is 1. The van der Waals surface area contributed by atoms with Gasteiger partial charge in [0.1, 0.15) is 11.6 Å². The smallest absolute Gasteiger partial charge is 0.129 e. The van der Waals surface area contributed by atoms with E-state index < -0.39 is 0 Å². The van der Waals surface area contributed by atoms with Crippen LogP contribution in [0, 0.1) is 18.3 Å². The lowest BCUT2D eigenvalue weighted by molar-refractivity contribution is 0.612. The van der Waals surface area contributed by atoms with E-state index in [1.54, 1.807) is 6.07 Å². The van der Waals surface area contributed by atoms with Crippen molar-refractivity contribution in [2.24, 2.45) is 5.92 Å². The van der Waals surface area contributed by atoms with Crippen molar-refractivity contribution in [2.75, 3.05) is 11.1 Å². The summed E-state index contributed by atoms with van der Waals surface area (Å²) >= 11 is 0. The molecule has 1 unspecified atom stereocenters. The summed E-state index contributed by atoms with van der Waals surface area (Å²) in [6.07, 6.45) is 5.39. The van der Waals surface area contributed by atoms with Crippen molar-refractivity contribution in [3.05, 3.63) is 18.2 Å². The summed E-state index contributed by atoms with van der Waals surface area (Å²) < 4.78 is 0. The maximum atomic E-state index is 5.55. The molecule has 0 bridgehead atoms. The SMILES string of the molecule is C#CC(Nc1cccc(N)n1)C(C)C. The Morgan fingerprint density at radius 3 is 2.71 bits per heavy atom. The van der Waals surface area contributed by atoms with Crippen LogP contribution in [-0.2, 0) is 0 Å². The molecule has 0 spiro atoms. The second-order valence-corrected chi connectivity index (χ2v) is 3.48. The van der Waals surface area contributed by atoms with E-state index in [-0.39, 0.29) is 6.04 Å². The largest absolute Gasteiger partial charge is 0.384 e. The van der Waals surface area contributed by atoms with Gasteiger partial charge in [0.2, 0.25) is 0 Å². The van der Waals surface area contributed by atoms with Crippen molar-refractivity contribution in [3.63, 3.8) is 0 Å². The van der Waals surface area contributed by atoms with Crippen LogP contribution in [0.3, 0.4) is 0 Å². The Hall–Kier alpha value is -1.69. The molecule has 14 heavy (non-hydrogen) atoms. The highest BCUT2D eigenvalue weighted by Crippen LogP contribution is 2.11. The Labute approximate surface area is 84.7 Å². The number of nitrogens with two attached hydrogens (primary N) is 1. The van der Waals surface area contributed by atoms with E-state index in [9.17, 15) is 0 Å². The molecule has 3 N–H and O–H groups in total. The van der Waals surface area contributed by atoms with E-state index in [1.807, 2.05) is 12.1 Å². The summed E-state index contributed by atoms with van der Waals surface area (Å²) in [5, 5.41) is 3.14. The molecule has 0 saturated carbocycles. The van der Waals surface area contributed by atoms with Crippen molar-refractivity contribution in [2.45, 2.75) is 19.9 Å². The van der Waals surface area contributed by atoms with Crippen LogP contribution >= 0.6 is 0 Å². The predicted octanol–water partition coefficient (Wildman–Crippen LogP) is 1.73. The van der Waals surface area contributed by atoms with Gasteiger partial charge in [-0.3, -0.25) is 0 Å². The molecular weight excluding hydrogens is 174 g/mol. The first kappa shape index (κ1) is 10.4. The van der Waals surface area contributed by atoms with E-state index in [1.165, 1.54) is 0 Å². The van der Waals surface area contributed by atoms with Crippen LogP contribution < -0.4 is 11.1 Å². The fourth-order valence-electron chi connectivity index (χ4n) is 1.09. The minimum Gasteiger partial charge on any atom is -0.384 e. The summed E-state index contributed by atoms with van der Waals surface area (Å²) in [5.41, 5.74) is 5.55. The third-order valence-corrected chi connectivity index (χ3v) is 1.92. The van der Waals surface area contributed by atoms with Gasteiger partial charge in [-0.2, -0.15) is 0 Å². The van der Waals surface area contributed by atoms with Gasteiger partial charge in [-0.1, -0.05) is 25.8 Å². The molecule has 3 heteroatoms. The zero-order chi connectivity index (χ0) is 10.6. The molecular formula is C11H15N3. The molecule has 1 heterocycles. The number of hydrogen-bond donors (Lipinski definition) is 2. The zero-order valence-electron chi connectivity index (χ0n) is 8.49. The minimum absolute atomic E-state index is 0.00991. The van der Waals surface area contributed by atoms with Gasteiger partial charge >= 0.3 is 0 Å². The highest BCUT2D eigenvalue weighted by Gasteiger charge is 2.09. The fraction of sp³-hybridized carbons (Fsp3) is 0.364. The number of nitrogen functional groups attached to an aromatic ring is 1. The van der Waals surface area contributed by atoms with Crippen LogP contribution in [-0.4, -0.2) is 11.0 Å². The second kappa shape index (κ2) is 4.52. The normalized spacial score (nSPS) is 12.1. The Kier molecular flexibility index (Phi) is 3.35. The van der Waals surface area contributed by atoms with Gasteiger partial charge < -0.3 is 11.1 Å². The van der Waals surface area contributed by atoms with E-state index in [4.69, 9.17) is 12.2 Å². The molecule has 1 rings (SSSR count). The number of hydrogen-bond acceptors (Lipinski definition) is 3. The van der Waals surface area contributed by atoms with Crippen LogP contribution in [0.15, 0.2) is 18.2 Å². The molecule has 1 aromatic rings. The quantitative estimate of drug-likeness (QED) is 0.712. The van der Waals surface area contributed by atoms with Gasteiger partial charge in [0.05, 0.1) is 6.04 Å². The van der Waals surface area contributed by atoms with Crippen molar-refractivity contribution in [1.82, 2.24) is 4.98 Å². The molecule has 0 aliphatic rings. The van der Waals surface area contributed by atoms with E-state index in [0.717, 1.165) is 5.82 Å². The van der Waals surface area contributed by atoms with Gasteiger partial charge in [0.25, 0.3) is 0 Å². The lowest BCUT2D eigenvalue weighted by atomic mass is 10.1. The van der Waals surface area contributed by atoms with Crippen LogP contribution in [0.1, 0.15) is 13.8 Å². The van der Waals surface area contributed by atoms with Gasteiger partial charge in [-0.25, -0.2) is 4.98 Å². The first-order chi connectivity index (χ1) is 6.63. The summed E-state index contributed by atoms with van der Waals surface area (Å²) in [5.74, 6) is 4.26. The Morgan fingerprint density at radius 2 is 2.21 bits per heavy atom. The van der Waals surface area contributed by atoms with Crippen LogP contribution in [0.5, 0.6) is 0 Å². The van der Waals surface area contributed by atoms with Gasteiger partial charge in [-0.05, 0) is 18.1 Å². The van der Waals surface area contributed by atoms with Crippen LogP contribution in [0.25, 0.3) is 0 Å². The number of pyridine rings is 1. The molecule has 1 atom stereocenters. The fourth-order valence-corrected chi connectivity index (χ4v) is 1.09. The summed E-state index contributed by atoms with van der Waals surface area (Å²) in [7, 11) is 0. The Bertz CT molecular complexity index is 339. The third kappa shape index (κ3) is 2.67. The Balaban J connectivity index is 2.73. The van der Waals surface area contributed by atoms with Gasteiger partial charge in [-0.15, -0.1) is 6.42 Å². The topological polar surface area (TPSA) is 50.9 Å². The van der Waals surface area contributed by atoms with E-state index >= 15 is 0 Å². The van der Waals surface area contributed by atoms with Crippen LogP contribution in [0.2, 0.25) is 0 Å². The molecule has 0 fully saturated rings. The maximum absolute atomic E-state index is 5.55. The van der Waals surface area contributed by atoms with E-state index in [0.29, 0.717) is 11.7 Å². The first-order valence-electron chi connectivity index (χ1n) is 4.58. The third-order valence-electron chi connectivity index (χ3n) is 1.92. The van der Waals surface area contributed by atoms with Crippen molar-refractivity contribution >= 4 is 11.6 Å². The molecule has 0 aliphatic carbocycles. The van der Waals surface area contributed by atoms with Crippen molar-refractivity contribution in [3.8, 4) is 12.3 Å². The van der Waals surface area contributed by atoms with Crippen molar-refractivity contribution < 1.29 is 0 Å². The number of rotatable bonds is 3. The molecule has 1 aromatic heterocycles. The molecule has 0 radical (unpaired) electrons. The highest BCUT2D eigenvalue weighted by atomic mass is 15.0. The van der Waals surface area contributed by atoms with Crippen molar-refractivity contribution in [1.29, 1.82) is 0 Å². The lowest BCUT2D eigenvalue weighted by Gasteiger charge is -2.17. The monoisotopic (exact) mass is 189 g/mol. The second-order valence-electron chi connectivity index (χ2n) is 3.48. The number of nitrogens with zero attached hydrogens (tertiary/aromatic N) is 1. The molecule has 74 valence electrons. The summed E-state index contributed by atoms with van der Waals surface area (Å²) in [4.78, 5) is 4.11. The van der Waals surface area contributed by atoms with Crippen LogP contribution in [0.4, 0.5) is 11.6 Å². The Morgan fingerprint density at radius 1 is 1.50 bits per heavy atom. The molecule has 0 saturated heterocycles. The van der Waals surface area contributed by atoms with Gasteiger partial charge in [0, 0.05) is 0 Å². The highest BCUT2D eigenvalue weighted by molar-refractivity contribution is 5.44. The zero-order valence-corrected chi connectivity index (χ0v) is 8.49. The molecule has 0 amide bonds.